The number of unbranched alkanes of at least 4 members (excludes halogenated alkanes) is 12. The van der Waals surface area contributed by atoms with Gasteiger partial charge in [0.25, 0.3) is 0 Å². The molecule has 1 aliphatic rings. The topological polar surface area (TPSA) is 43.8 Å². The molecule has 1 heterocycles. The summed E-state index contributed by atoms with van der Waals surface area (Å²) in [5.74, 6) is -0.655. The van der Waals surface area contributed by atoms with Crippen LogP contribution in [0.25, 0.3) is 0 Å². The van der Waals surface area contributed by atoms with Crippen LogP contribution in [0.15, 0.2) is 52.3 Å². The molecule has 0 fully saturated rings. The van der Waals surface area contributed by atoms with Crippen LogP contribution in [0.3, 0.4) is 0 Å². The number of para-hydroxylation sites is 1. The number of carboxylic acid groups (broad SMARTS) is 1. The van der Waals surface area contributed by atoms with Crippen LogP contribution >= 0.6 is 23.4 Å². The molecular formula is C33H51ClN2O2S. The van der Waals surface area contributed by atoms with Crippen molar-refractivity contribution in [1.29, 1.82) is 0 Å². The van der Waals surface area contributed by atoms with Gasteiger partial charge in [-0.15, -0.1) is 0 Å². The minimum atomic E-state index is -0.655. The number of anilines is 2. The van der Waals surface area contributed by atoms with E-state index < -0.39 is 5.97 Å². The smallest absolute Gasteiger partial charge is 0.303 e. The molecule has 1 N–H and O–H groups in total. The number of hydrogen-bond donors (Lipinski definition) is 1. The van der Waals surface area contributed by atoms with Gasteiger partial charge in [0, 0.05) is 27.8 Å². The number of aliphatic carboxylic acids is 1. The van der Waals surface area contributed by atoms with Gasteiger partial charge in [-0.25, -0.2) is 0 Å². The Morgan fingerprint density at radius 3 is 1.95 bits per heavy atom. The Kier molecular flexibility index (Phi) is 17.4. The summed E-state index contributed by atoms with van der Waals surface area (Å²) in [6.07, 6.45) is 18.4. The van der Waals surface area contributed by atoms with E-state index in [-0.39, 0.29) is 0 Å². The summed E-state index contributed by atoms with van der Waals surface area (Å²) in [7, 11) is 4.23. The van der Waals surface area contributed by atoms with Gasteiger partial charge in [-0.3, -0.25) is 4.79 Å². The molecule has 2 aromatic carbocycles. The molecule has 0 atom stereocenters. The van der Waals surface area contributed by atoms with Crippen molar-refractivity contribution in [2.75, 3.05) is 32.1 Å². The van der Waals surface area contributed by atoms with Gasteiger partial charge in [0.15, 0.2) is 0 Å². The second kappa shape index (κ2) is 20.2. The number of fused-ring (bicyclic) bond motifs is 2. The lowest BCUT2D eigenvalue weighted by atomic mass is 10.0. The molecule has 0 bridgehead atoms. The Morgan fingerprint density at radius 1 is 0.795 bits per heavy atom. The van der Waals surface area contributed by atoms with Crippen molar-refractivity contribution in [3.8, 4) is 0 Å². The average Bonchev–Trinajstić information content (AvgIpc) is 2.91. The van der Waals surface area contributed by atoms with Crippen molar-refractivity contribution in [1.82, 2.24) is 4.90 Å². The number of halogens is 1. The van der Waals surface area contributed by atoms with Crippen LogP contribution in [-0.4, -0.2) is 43.2 Å². The zero-order chi connectivity index (χ0) is 28.3. The molecule has 0 spiro atoms. The van der Waals surface area contributed by atoms with Crippen LogP contribution in [0.5, 0.6) is 0 Å². The number of nitrogens with zero attached hydrogens (tertiary/aromatic N) is 2. The van der Waals surface area contributed by atoms with Crippen molar-refractivity contribution in [3.05, 3.63) is 47.5 Å². The average molecular weight is 575 g/mol. The molecule has 0 amide bonds. The molecule has 2 aromatic rings. The van der Waals surface area contributed by atoms with E-state index in [4.69, 9.17) is 16.7 Å². The summed E-state index contributed by atoms with van der Waals surface area (Å²) in [5, 5.41) is 9.29. The van der Waals surface area contributed by atoms with Crippen LogP contribution in [0, 0.1) is 0 Å². The van der Waals surface area contributed by atoms with Crippen LogP contribution in [0.4, 0.5) is 11.4 Å². The van der Waals surface area contributed by atoms with Crippen molar-refractivity contribution < 1.29 is 9.90 Å². The van der Waals surface area contributed by atoms with Crippen molar-refractivity contribution in [3.63, 3.8) is 0 Å². The standard InChI is InChI=1S/C17H19ClN2S.C16H32O2/c1-19(2)10-5-11-20-14-6-3-4-7-16(14)21-17-9-8-13(18)12-15(17)20;1-2-3-4-5-6-7-8-9-10-11-12-13-14-15-16(17)18/h3-4,6-9,12H,5,10-11H2,1-2H3;2-15H2,1H3,(H,17,18). The highest BCUT2D eigenvalue weighted by molar-refractivity contribution is 7.99. The molecule has 3 rings (SSSR count). The van der Waals surface area contributed by atoms with E-state index in [1.54, 1.807) is 0 Å². The van der Waals surface area contributed by atoms with Gasteiger partial charge in [-0.2, -0.15) is 0 Å². The van der Waals surface area contributed by atoms with Crippen LogP contribution in [0.2, 0.25) is 5.02 Å². The van der Waals surface area contributed by atoms with E-state index in [9.17, 15) is 4.79 Å². The first-order valence-electron chi connectivity index (χ1n) is 15.1. The van der Waals surface area contributed by atoms with E-state index in [1.807, 2.05) is 17.8 Å². The molecule has 6 heteroatoms. The highest BCUT2D eigenvalue weighted by Gasteiger charge is 2.23. The molecule has 218 valence electrons. The molecular weight excluding hydrogens is 524 g/mol. The van der Waals surface area contributed by atoms with Crippen molar-refractivity contribution in [2.45, 2.75) is 113 Å². The molecule has 4 nitrogen and oxygen atoms in total. The van der Waals surface area contributed by atoms with E-state index in [2.05, 4.69) is 67.2 Å². The summed E-state index contributed by atoms with van der Waals surface area (Å²) < 4.78 is 0. The third kappa shape index (κ3) is 14.0. The molecule has 0 unspecified atom stereocenters. The maximum Gasteiger partial charge on any atom is 0.303 e. The predicted octanol–water partition coefficient (Wildman–Crippen LogP) is 10.4. The molecule has 0 aromatic heterocycles. The highest BCUT2D eigenvalue weighted by Crippen LogP contribution is 2.48. The quantitative estimate of drug-likeness (QED) is 0.179. The van der Waals surface area contributed by atoms with Gasteiger partial charge in [0.05, 0.1) is 11.4 Å². The van der Waals surface area contributed by atoms with Crippen LogP contribution < -0.4 is 4.90 Å². The third-order valence-corrected chi connectivity index (χ3v) is 8.43. The molecule has 0 radical (unpaired) electrons. The van der Waals surface area contributed by atoms with E-state index >= 15 is 0 Å². The Balaban J connectivity index is 0.000000278. The van der Waals surface area contributed by atoms with Crippen LogP contribution in [0.1, 0.15) is 103 Å². The Morgan fingerprint density at radius 2 is 1.36 bits per heavy atom. The van der Waals surface area contributed by atoms with Gasteiger partial charge >= 0.3 is 5.97 Å². The van der Waals surface area contributed by atoms with Gasteiger partial charge in [0.2, 0.25) is 0 Å². The Bertz CT molecular complexity index is 953. The van der Waals surface area contributed by atoms with Crippen molar-refractivity contribution in [2.24, 2.45) is 0 Å². The lowest BCUT2D eigenvalue weighted by Crippen LogP contribution is -2.25. The summed E-state index contributed by atoms with van der Waals surface area (Å²) in [5.41, 5.74) is 2.51. The highest BCUT2D eigenvalue weighted by atomic mass is 35.5. The monoisotopic (exact) mass is 574 g/mol. The number of rotatable bonds is 18. The maximum absolute atomic E-state index is 10.3. The molecule has 1 aliphatic heterocycles. The molecule has 39 heavy (non-hydrogen) atoms. The van der Waals surface area contributed by atoms with E-state index in [1.165, 1.54) is 91.8 Å². The minimum absolute atomic E-state index is 0.345. The zero-order valence-corrected chi connectivity index (χ0v) is 26.2. The molecule has 0 saturated carbocycles. The summed E-state index contributed by atoms with van der Waals surface area (Å²) in [4.78, 5) is 17.5. The number of benzene rings is 2. The SMILES string of the molecule is CCCCCCCCCCCCCCCC(=O)O.CN(C)CCCN1c2ccccc2Sc2ccc(Cl)cc21. The normalized spacial score (nSPS) is 12.1. The largest absolute Gasteiger partial charge is 0.481 e. The first-order valence-corrected chi connectivity index (χ1v) is 16.3. The van der Waals surface area contributed by atoms with Crippen molar-refractivity contribution >= 4 is 40.7 Å². The number of carbonyl (C=O) groups is 1. The first kappa shape index (κ1) is 33.5. The second-order valence-electron chi connectivity index (χ2n) is 10.9. The van der Waals surface area contributed by atoms with Gasteiger partial charge in [-0.05, 0) is 63.8 Å². The lowest BCUT2D eigenvalue weighted by molar-refractivity contribution is -0.137. The summed E-state index contributed by atoms with van der Waals surface area (Å²) >= 11 is 8.03. The van der Waals surface area contributed by atoms with Gasteiger partial charge in [-0.1, -0.05) is 119 Å². The van der Waals surface area contributed by atoms with Gasteiger partial charge in [0.1, 0.15) is 0 Å². The summed E-state index contributed by atoms with van der Waals surface area (Å²) in [6, 6.07) is 14.8. The Hall–Kier alpha value is -1.69. The Labute approximate surface area is 247 Å². The fourth-order valence-electron chi connectivity index (χ4n) is 4.88. The second-order valence-corrected chi connectivity index (χ2v) is 12.4. The van der Waals surface area contributed by atoms with E-state index in [0.717, 1.165) is 37.4 Å². The summed E-state index contributed by atoms with van der Waals surface area (Å²) in [6.45, 7) is 4.35. The van der Waals surface area contributed by atoms with Crippen LogP contribution in [-0.2, 0) is 4.79 Å². The third-order valence-electron chi connectivity index (χ3n) is 7.07. The minimum Gasteiger partial charge on any atom is -0.481 e. The zero-order valence-electron chi connectivity index (χ0n) is 24.6. The lowest BCUT2D eigenvalue weighted by Gasteiger charge is -2.33. The predicted molar refractivity (Wildman–Crippen MR) is 170 cm³/mol. The fourth-order valence-corrected chi connectivity index (χ4v) is 6.12. The van der Waals surface area contributed by atoms with Gasteiger partial charge < -0.3 is 14.9 Å². The molecule has 0 saturated heterocycles. The first-order chi connectivity index (χ1) is 18.9. The molecule has 0 aliphatic carbocycles. The maximum atomic E-state index is 10.3. The van der Waals surface area contributed by atoms with E-state index in [0.29, 0.717) is 6.42 Å². The fraction of sp³-hybridized carbons (Fsp3) is 0.606. The number of hydrogen-bond acceptors (Lipinski definition) is 4. The number of carboxylic acids is 1.